The van der Waals surface area contributed by atoms with Crippen LogP contribution in [0.25, 0.3) is 0 Å². The quantitative estimate of drug-likeness (QED) is 0.792. The first-order valence-electron chi connectivity index (χ1n) is 3.74. The molecule has 0 bridgehead atoms. The standard InChI is InChI=1S/C7H8F2N2O3S/c1-3-5(6(8)9)4(12)2-11-7(3)15(10,13)14/h2,6,12H,1H3,(H2,10,13,14). The van der Waals surface area contributed by atoms with Crippen LogP contribution in [0.3, 0.4) is 0 Å². The molecule has 0 aliphatic carbocycles. The number of sulfonamides is 1. The maximum Gasteiger partial charge on any atom is 0.267 e. The van der Waals surface area contributed by atoms with Gasteiger partial charge in [-0.2, -0.15) is 0 Å². The van der Waals surface area contributed by atoms with Gasteiger partial charge in [-0.05, 0) is 6.92 Å². The molecule has 0 aromatic carbocycles. The number of nitrogens with two attached hydrogens (primary N) is 1. The van der Waals surface area contributed by atoms with Crippen LogP contribution in [0.5, 0.6) is 5.75 Å². The Labute approximate surface area is 84.6 Å². The summed E-state index contributed by atoms with van der Waals surface area (Å²) < 4.78 is 46.7. The topological polar surface area (TPSA) is 93.3 Å². The van der Waals surface area contributed by atoms with Crippen LogP contribution in [0, 0.1) is 6.92 Å². The number of aromatic nitrogens is 1. The summed E-state index contributed by atoms with van der Waals surface area (Å²) in [6, 6.07) is 0. The highest BCUT2D eigenvalue weighted by molar-refractivity contribution is 7.89. The molecular formula is C7H8F2N2O3S. The summed E-state index contributed by atoms with van der Waals surface area (Å²) in [5.74, 6) is -0.755. The molecular weight excluding hydrogens is 230 g/mol. The van der Waals surface area contributed by atoms with Crippen molar-refractivity contribution in [3.05, 3.63) is 17.3 Å². The number of hydrogen-bond acceptors (Lipinski definition) is 4. The fourth-order valence-corrected chi connectivity index (χ4v) is 1.89. The number of pyridine rings is 1. The average Bonchev–Trinajstić information content (AvgIpc) is 2.00. The molecule has 1 aromatic heterocycles. The third-order valence-electron chi connectivity index (χ3n) is 1.79. The lowest BCUT2D eigenvalue weighted by Gasteiger charge is -2.09. The molecule has 1 rings (SSSR count). The largest absolute Gasteiger partial charge is 0.506 e. The van der Waals surface area contributed by atoms with Crippen LogP contribution < -0.4 is 5.14 Å². The molecule has 0 saturated heterocycles. The van der Waals surface area contributed by atoms with E-state index >= 15 is 0 Å². The Morgan fingerprint density at radius 1 is 1.53 bits per heavy atom. The third kappa shape index (κ3) is 2.21. The second kappa shape index (κ2) is 3.70. The predicted molar refractivity (Wildman–Crippen MR) is 47.0 cm³/mol. The number of halogens is 2. The molecule has 5 nitrogen and oxygen atoms in total. The molecule has 0 saturated carbocycles. The highest BCUT2D eigenvalue weighted by atomic mass is 32.2. The summed E-state index contributed by atoms with van der Waals surface area (Å²) in [5.41, 5.74) is -1.11. The number of aromatic hydroxyl groups is 1. The van der Waals surface area contributed by atoms with Crippen LogP contribution in [0.1, 0.15) is 17.6 Å². The average molecular weight is 238 g/mol. The van der Waals surface area contributed by atoms with Gasteiger partial charge in [-0.25, -0.2) is 27.3 Å². The van der Waals surface area contributed by atoms with Crippen LogP contribution in [0.4, 0.5) is 8.78 Å². The highest BCUT2D eigenvalue weighted by Crippen LogP contribution is 2.32. The molecule has 0 unspecified atom stereocenters. The summed E-state index contributed by atoms with van der Waals surface area (Å²) in [6.07, 6.45) is -2.36. The first kappa shape index (κ1) is 11.8. The van der Waals surface area contributed by atoms with E-state index in [0.717, 1.165) is 6.92 Å². The third-order valence-corrected chi connectivity index (χ3v) is 2.74. The van der Waals surface area contributed by atoms with E-state index < -0.39 is 32.8 Å². The van der Waals surface area contributed by atoms with Crippen molar-refractivity contribution >= 4 is 10.0 Å². The molecule has 0 radical (unpaired) electrons. The normalized spacial score (nSPS) is 12.1. The van der Waals surface area contributed by atoms with Crippen molar-refractivity contribution in [3.8, 4) is 5.75 Å². The summed E-state index contributed by atoms with van der Waals surface area (Å²) in [7, 11) is -4.16. The number of nitrogens with zero attached hydrogens (tertiary/aromatic N) is 1. The van der Waals surface area contributed by atoms with Gasteiger partial charge in [-0.15, -0.1) is 0 Å². The highest BCUT2D eigenvalue weighted by Gasteiger charge is 2.23. The van der Waals surface area contributed by atoms with Crippen molar-refractivity contribution in [1.82, 2.24) is 4.98 Å². The smallest absolute Gasteiger partial charge is 0.267 e. The number of primary sulfonamides is 1. The number of hydrogen-bond donors (Lipinski definition) is 2. The van der Waals surface area contributed by atoms with Crippen LogP contribution >= 0.6 is 0 Å². The lowest BCUT2D eigenvalue weighted by molar-refractivity contribution is 0.146. The zero-order valence-electron chi connectivity index (χ0n) is 7.61. The van der Waals surface area contributed by atoms with E-state index in [-0.39, 0.29) is 5.56 Å². The van der Waals surface area contributed by atoms with Crippen molar-refractivity contribution < 1.29 is 22.3 Å². The molecule has 15 heavy (non-hydrogen) atoms. The van der Waals surface area contributed by atoms with Crippen molar-refractivity contribution in [2.24, 2.45) is 5.14 Å². The fraction of sp³-hybridized carbons (Fsp3) is 0.286. The summed E-state index contributed by atoms with van der Waals surface area (Å²) in [4.78, 5) is 3.30. The molecule has 0 aliphatic rings. The zero-order chi connectivity index (χ0) is 11.8. The Morgan fingerprint density at radius 3 is 2.47 bits per heavy atom. The van der Waals surface area contributed by atoms with Gasteiger partial charge in [-0.1, -0.05) is 0 Å². The van der Waals surface area contributed by atoms with Gasteiger partial charge in [0, 0.05) is 5.56 Å². The van der Waals surface area contributed by atoms with Gasteiger partial charge in [0.1, 0.15) is 5.75 Å². The predicted octanol–water partition coefficient (Wildman–Crippen LogP) is 0.681. The minimum atomic E-state index is -4.16. The molecule has 0 fully saturated rings. The Bertz CT molecular complexity index is 487. The minimum Gasteiger partial charge on any atom is -0.506 e. The van der Waals surface area contributed by atoms with Crippen molar-refractivity contribution in [1.29, 1.82) is 0 Å². The van der Waals surface area contributed by atoms with E-state index in [0.29, 0.717) is 6.20 Å². The lowest BCUT2D eigenvalue weighted by Crippen LogP contribution is -2.16. The Kier molecular flexibility index (Phi) is 2.91. The zero-order valence-corrected chi connectivity index (χ0v) is 8.42. The van der Waals surface area contributed by atoms with Gasteiger partial charge in [0.25, 0.3) is 16.4 Å². The maximum atomic E-state index is 12.4. The summed E-state index contributed by atoms with van der Waals surface area (Å²) in [6.45, 7) is 1.11. The number of rotatable bonds is 2. The molecule has 8 heteroatoms. The SMILES string of the molecule is Cc1c(S(N)(=O)=O)ncc(O)c1C(F)F. The molecule has 1 aromatic rings. The first-order chi connectivity index (χ1) is 6.75. The van der Waals surface area contributed by atoms with Crippen molar-refractivity contribution in [2.45, 2.75) is 18.4 Å². The lowest BCUT2D eigenvalue weighted by atomic mass is 10.1. The van der Waals surface area contributed by atoms with E-state index in [9.17, 15) is 17.2 Å². The molecule has 1 heterocycles. The first-order valence-corrected chi connectivity index (χ1v) is 5.29. The van der Waals surface area contributed by atoms with Gasteiger partial charge in [0.15, 0.2) is 5.03 Å². The van der Waals surface area contributed by atoms with Crippen LogP contribution in [-0.2, 0) is 10.0 Å². The molecule has 0 amide bonds. The van der Waals surface area contributed by atoms with Crippen molar-refractivity contribution in [3.63, 3.8) is 0 Å². The molecule has 0 aliphatic heterocycles. The van der Waals surface area contributed by atoms with Gasteiger partial charge in [0.2, 0.25) is 0 Å². The van der Waals surface area contributed by atoms with Crippen LogP contribution in [0.2, 0.25) is 0 Å². The summed E-state index contributed by atoms with van der Waals surface area (Å²) >= 11 is 0. The molecule has 3 N–H and O–H groups in total. The summed E-state index contributed by atoms with van der Waals surface area (Å²) in [5, 5.41) is 13.2. The molecule has 84 valence electrons. The van der Waals surface area contributed by atoms with Crippen LogP contribution in [-0.4, -0.2) is 18.5 Å². The van der Waals surface area contributed by atoms with Gasteiger partial charge in [0.05, 0.1) is 11.8 Å². The van der Waals surface area contributed by atoms with E-state index in [4.69, 9.17) is 10.2 Å². The molecule has 0 spiro atoms. The Balaban J connectivity index is 3.56. The van der Waals surface area contributed by atoms with E-state index in [2.05, 4.69) is 4.98 Å². The maximum absolute atomic E-state index is 12.4. The van der Waals surface area contributed by atoms with Crippen molar-refractivity contribution in [2.75, 3.05) is 0 Å². The van der Waals surface area contributed by atoms with E-state index in [1.54, 1.807) is 0 Å². The van der Waals surface area contributed by atoms with Crippen LogP contribution in [0.15, 0.2) is 11.2 Å². The van der Waals surface area contributed by atoms with E-state index in [1.807, 2.05) is 0 Å². The Morgan fingerprint density at radius 2 is 2.07 bits per heavy atom. The number of alkyl halides is 2. The second-order valence-electron chi connectivity index (χ2n) is 2.83. The van der Waals surface area contributed by atoms with Gasteiger partial charge >= 0.3 is 0 Å². The monoisotopic (exact) mass is 238 g/mol. The van der Waals surface area contributed by atoms with Gasteiger partial charge in [-0.3, -0.25) is 0 Å². The minimum absolute atomic E-state index is 0.340. The second-order valence-corrected chi connectivity index (χ2v) is 4.31. The fourth-order valence-electron chi connectivity index (χ4n) is 1.16. The molecule has 0 atom stereocenters. The van der Waals surface area contributed by atoms with E-state index in [1.165, 1.54) is 0 Å². The van der Waals surface area contributed by atoms with Gasteiger partial charge < -0.3 is 5.11 Å². The Hall–Kier alpha value is -1.28.